The molecule has 0 atom stereocenters. The third kappa shape index (κ3) is 4.37. The zero-order valence-corrected chi connectivity index (χ0v) is 14.3. The quantitative estimate of drug-likeness (QED) is 0.453. The Morgan fingerprint density at radius 3 is 2.62 bits per heavy atom. The van der Waals surface area contributed by atoms with Gasteiger partial charge in [-0.1, -0.05) is 47.6 Å². The van der Waals surface area contributed by atoms with Gasteiger partial charge in [0.15, 0.2) is 5.16 Å². The normalized spacial score (nSPS) is 14.6. The highest BCUT2D eigenvalue weighted by atomic mass is 35.5. The first-order chi connectivity index (χ1) is 11.6. The summed E-state index contributed by atoms with van der Waals surface area (Å²) >= 11 is 7.56. The molecule has 24 heavy (non-hydrogen) atoms. The molecule has 0 N–H and O–H groups in total. The molecule has 1 fully saturated rings. The molecule has 0 aliphatic carbocycles. The lowest BCUT2D eigenvalue weighted by molar-refractivity contribution is -0.255. The Bertz CT molecular complexity index is 721. The molecular formula is C16H15ClN3O3S-. The molecule has 2 aromatic rings. The standard InChI is InChI=1S/C16H16ClN3O3S/c17-13-9-14(20-5-7-23-8-6-20)19-16(18-13)24-10-11-1-3-12(4-2-11)15(21)22/h1-4,9H,5-8,10H2,(H,21,22)/p-1. The summed E-state index contributed by atoms with van der Waals surface area (Å²) in [7, 11) is 0. The van der Waals surface area contributed by atoms with Crippen LogP contribution in [-0.4, -0.2) is 42.2 Å². The van der Waals surface area contributed by atoms with E-state index in [4.69, 9.17) is 16.3 Å². The Morgan fingerprint density at radius 2 is 1.96 bits per heavy atom. The van der Waals surface area contributed by atoms with Crippen molar-refractivity contribution in [3.63, 3.8) is 0 Å². The van der Waals surface area contributed by atoms with Crippen LogP contribution in [0.15, 0.2) is 35.5 Å². The highest BCUT2D eigenvalue weighted by Gasteiger charge is 2.14. The number of carbonyl (C=O) groups is 1. The molecule has 0 amide bonds. The SMILES string of the molecule is O=C([O-])c1ccc(CSc2nc(Cl)cc(N3CCOCC3)n2)cc1. The number of aromatic nitrogens is 2. The predicted octanol–water partition coefficient (Wildman–Crippen LogP) is 1.62. The molecule has 1 aliphatic rings. The number of rotatable bonds is 5. The summed E-state index contributed by atoms with van der Waals surface area (Å²) in [4.78, 5) is 21.7. The van der Waals surface area contributed by atoms with Gasteiger partial charge in [0.05, 0.1) is 19.2 Å². The first kappa shape index (κ1) is 17.0. The minimum Gasteiger partial charge on any atom is -0.545 e. The Balaban J connectivity index is 1.68. The van der Waals surface area contributed by atoms with Crippen molar-refractivity contribution in [2.75, 3.05) is 31.2 Å². The molecule has 0 unspecified atom stereocenters. The highest BCUT2D eigenvalue weighted by Crippen LogP contribution is 2.25. The number of morpholine rings is 1. The van der Waals surface area contributed by atoms with E-state index in [9.17, 15) is 9.90 Å². The van der Waals surface area contributed by atoms with E-state index in [2.05, 4.69) is 14.9 Å². The monoisotopic (exact) mass is 364 g/mol. The molecule has 6 nitrogen and oxygen atoms in total. The van der Waals surface area contributed by atoms with Gasteiger partial charge in [0.2, 0.25) is 0 Å². The molecule has 3 rings (SSSR count). The number of carbonyl (C=O) groups excluding carboxylic acids is 1. The third-order valence-corrected chi connectivity index (χ3v) is 4.67. The molecule has 0 radical (unpaired) electrons. The van der Waals surface area contributed by atoms with Gasteiger partial charge in [0.1, 0.15) is 11.0 Å². The van der Waals surface area contributed by atoms with Crippen molar-refractivity contribution in [2.24, 2.45) is 0 Å². The van der Waals surface area contributed by atoms with Gasteiger partial charge in [-0.2, -0.15) is 0 Å². The van der Waals surface area contributed by atoms with E-state index in [-0.39, 0.29) is 5.56 Å². The van der Waals surface area contributed by atoms with Gasteiger partial charge in [-0.25, -0.2) is 9.97 Å². The Hall–Kier alpha value is -1.83. The van der Waals surface area contributed by atoms with Crippen molar-refractivity contribution in [2.45, 2.75) is 10.9 Å². The van der Waals surface area contributed by atoms with Crippen LogP contribution in [0.3, 0.4) is 0 Å². The van der Waals surface area contributed by atoms with Crippen LogP contribution < -0.4 is 10.0 Å². The average molecular weight is 365 g/mol. The van der Waals surface area contributed by atoms with Gasteiger partial charge in [-0.15, -0.1) is 0 Å². The van der Waals surface area contributed by atoms with E-state index in [1.54, 1.807) is 18.2 Å². The molecule has 8 heteroatoms. The smallest absolute Gasteiger partial charge is 0.191 e. The maximum absolute atomic E-state index is 10.8. The maximum Gasteiger partial charge on any atom is 0.191 e. The molecule has 1 saturated heterocycles. The number of aromatic carboxylic acids is 1. The Kier molecular flexibility index (Phi) is 5.55. The van der Waals surface area contributed by atoms with Crippen LogP contribution in [0.4, 0.5) is 5.82 Å². The van der Waals surface area contributed by atoms with E-state index >= 15 is 0 Å². The molecule has 0 bridgehead atoms. The number of anilines is 1. The maximum atomic E-state index is 10.8. The van der Waals surface area contributed by atoms with Crippen molar-refractivity contribution in [1.29, 1.82) is 0 Å². The molecular weight excluding hydrogens is 350 g/mol. The van der Waals surface area contributed by atoms with Crippen molar-refractivity contribution >= 4 is 35.1 Å². The van der Waals surface area contributed by atoms with Crippen molar-refractivity contribution < 1.29 is 14.6 Å². The Morgan fingerprint density at radius 1 is 1.25 bits per heavy atom. The van der Waals surface area contributed by atoms with Crippen LogP contribution in [-0.2, 0) is 10.5 Å². The predicted molar refractivity (Wildman–Crippen MR) is 90.4 cm³/mol. The second-order valence-electron chi connectivity index (χ2n) is 5.20. The number of carboxylic acid groups (broad SMARTS) is 1. The van der Waals surface area contributed by atoms with Crippen LogP contribution in [0.25, 0.3) is 0 Å². The molecule has 2 heterocycles. The first-order valence-electron chi connectivity index (χ1n) is 7.42. The van der Waals surface area contributed by atoms with E-state index in [0.29, 0.717) is 29.3 Å². The highest BCUT2D eigenvalue weighted by molar-refractivity contribution is 7.98. The van der Waals surface area contributed by atoms with Crippen LogP contribution in [0, 0.1) is 0 Å². The largest absolute Gasteiger partial charge is 0.545 e. The van der Waals surface area contributed by atoms with Gasteiger partial charge in [0.25, 0.3) is 0 Å². The van der Waals surface area contributed by atoms with Gasteiger partial charge in [0, 0.05) is 24.9 Å². The summed E-state index contributed by atoms with van der Waals surface area (Å²) < 4.78 is 5.34. The van der Waals surface area contributed by atoms with Crippen LogP contribution in [0.5, 0.6) is 0 Å². The fraction of sp³-hybridized carbons (Fsp3) is 0.312. The summed E-state index contributed by atoms with van der Waals surface area (Å²) in [6.45, 7) is 2.91. The summed E-state index contributed by atoms with van der Waals surface area (Å²) in [6, 6.07) is 8.33. The van der Waals surface area contributed by atoms with Crippen LogP contribution in [0.1, 0.15) is 15.9 Å². The molecule has 126 valence electrons. The molecule has 1 aromatic carbocycles. The summed E-state index contributed by atoms with van der Waals surface area (Å²) in [5.74, 6) is 0.242. The molecule has 0 spiro atoms. The van der Waals surface area contributed by atoms with E-state index in [1.165, 1.54) is 23.9 Å². The number of hydrogen-bond donors (Lipinski definition) is 0. The average Bonchev–Trinajstić information content (AvgIpc) is 2.60. The van der Waals surface area contributed by atoms with E-state index < -0.39 is 5.97 Å². The molecule has 1 aromatic heterocycles. The topological polar surface area (TPSA) is 78.4 Å². The van der Waals surface area contributed by atoms with E-state index in [0.717, 1.165) is 24.5 Å². The summed E-state index contributed by atoms with van der Waals surface area (Å²) in [5.41, 5.74) is 1.14. The zero-order chi connectivity index (χ0) is 16.9. The summed E-state index contributed by atoms with van der Waals surface area (Å²) in [6.07, 6.45) is 0. The molecule has 1 aliphatic heterocycles. The lowest BCUT2D eigenvalue weighted by Gasteiger charge is -2.27. The fourth-order valence-electron chi connectivity index (χ4n) is 2.29. The second-order valence-corrected chi connectivity index (χ2v) is 6.53. The number of nitrogens with zero attached hydrogens (tertiary/aromatic N) is 3. The van der Waals surface area contributed by atoms with Gasteiger partial charge in [-0.05, 0) is 11.1 Å². The number of hydrogen-bond acceptors (Lipinski definition) is 7. The Labute approximate surface area is 148 Å². The van der Waals surface area contributed by atoms with E-state index in [1.807, 2.05) is 0 Å². The lowest BCUT2D eigenvalue weighted by atomic mass is 10.1. The summed E-state index contributed by atoms with van der Waals surface area (Å²) in [5, 5.41) is 11.7. The minimum atomic E-state index is -1.18. The first-order valence-corrected chi connectivity index (χ1v) is 8.78. The van der Waals surface area contributed by atoms with Gasteiger partial charge < -0.3 is 19.5 Å². The number of ether oxygens (including phenoxy) is 1. The van der Waals surface area contributed by atoms with Gasteiger partial charge in [-0.3, -0.25) is 0 Å². The van der Waals surface area contributed by atoms with Crippen molar-refractivity contribution in [1.82, 2.24) is 9.97 Å². The second kappa shape index (κ2) is 7.83. The zero-order valence-electron chi connectivity index (χ0n) is 12.8. The van der Waals surface area contributed by atoms with Gasteiger partial charge >= 0.3 is 0 Å². The fourth-order valence-corrected chi connectivity index (χ4v) is 3.33. The number of thioether (sulfide) groups is 1. The number of halogens is 1. The molecule has 0 saturated carbocycles. The number of benzene rings is 1. The minimum absolute atomic E-state index is 0.164. The lowest BCUT2D eigenvalue weighted by Crippen LogP contribution is -2.36. The number of carboxylic acids is 1. The van der Waals surface area contributed by atoms with Crippen molar-refractivity contribution in [3.8, 4) is 0 Å². The third-order valence-electron chi connectivity index (χ3n) is 3.55. The van der Waals surface area contributed by atoms with Crippen molar-refractivity contribution in [3.05, 3.63) is 46.6 Å². The van der Waals surface area contributed by atoms with Crippen LogP contribution in [0.2, 0.25) is 5.15 Å². The van der Waals surface area contributed by atoms with Crippen LogP contribution >= 0.6 is 23.4 Å².